The van der Waals surface area contributed by atoms with E-state index in [4.69, 9.17) is 0 Å². The van der Waals surface area contributed by atoms with E-state index < -0.39 is 0 Å². The Balaban J connectivity index is 2.63. The molecule has 0 aromatic carbocycles. The monoisotopic (exact) mass is 186 g/mol. The number of hydrogen-bond donors (Lipinski definition) is 1. The lowest BCUT2D eigenvalue weighted by Crippen LogP contribution is -2.36. The van der Waals surface area contributed by atoms with E-state index in [2.05, 4.69) is 19.6 Å². The van der Waals surface area contributed by atoms with Gasteiger partial charge in [-0.1, -0.05) is 20.8 Å². The van der Waals surface area contributed by atoms with E-state index in [0.29, 0.717) is 11.7 Å². The van der Waals surface area contributed by atoms with Gasteiger partial charge in [0.25, 0.3) is 0 Å². The summed E-state index contributed by atoms with van der Waals surface area (Å²) >= 11 is 4.47. The van der Waals surface area contributed by atoms with Crippen LogP contribution in [0.2, 0.25) is 0 Å². The van der Waals surface area contributed by atoms with Crippen molar-refractivity contribution in [2.75, 3.05) is 0 Å². The topological polar surface area (TPSA) is 17.1 Å². The third-order valence-corrected chi connectivity index (χ3v) is 3.05. The molecule has 2 heteroatoms. The lowest BCUT2D eigenvalue weighted by Gasteiger charge is -2.33. The molecule has 0 saturated heterocycles. The van der Waals surface area contributed by atoms with Gasteiger partial charge in [0, 0.05) is 17.1 Å². The Bertz CT molecular complexity index is 181. The molecule has 0 aromatic rings. The van der Waals surface area contributed by atoms with Crippen LogP contribution in [0.5, 0.6) is 0 Å². The summed E-state index contributed by atoms with van der Waals surface area (Å²) in [5.41, 5.74) is 0. The summed E-state index contributed by atoms with van der Waals surface area (Å²) in [7, 11) is 0. The largest absolute Gasteiger partial charge is 0.299 e. The molecule has 12 heavy (non-hydrogen) atoms. The molecule has 0 bridgehead atoms. The van der Waals surface area contributed by atoms with Crippen molar-refractivity contribution in [3.63, 3.8) is 0 Å². The van der Waals surface area contributed by atoms with Crippen molar-refractivity contribution in [3.05, 3.63) is 0 Å². The predicted molar refractivity (Wildman–Crippen MR) is 54.6 cm³/mol. The first-order chi connectivity index (χ1) is 5.41. The standard InChI is InChI=1S/C10H18OS/c1-7-4-5-8(9(11)6-7)10(2,3)12/h7-8,12H,4-6H2,1-3H3/t7-,8?/m1/s1. The fourth-order valence-electron chi connectivity index (χ4n) is 1.95. The van der Waals surface area contributed by atoms with Gasteiger partial charge in [0.1, 0.15) is 5.78 Å². The van der Waals surface area contributed by atoms with Crippen molar-refractivity contribution in [1.82, 2.24) is 0 Å². The molecule has 0 aliphatic heterocycles. The van der Waals surface area contributed by atoms with Crippen molar-refractivity contribution < 1.29 is 4.79 Å². The number of carbonyl (C=O) groups excluding carboxylic acids is 1. The maximum atomic E-state index is 11.6. The lowest BCUT2D eigenvalue weighted by atomic mass is 9.76. The minimum Gasteiger partial charge on any atom is -0.299 e. The van der Waals surface area contributed by atoms with Gasteiger partial charge in [-0.3, -0.25) is 4.79 Å². The van der Waals surface area contributed by atoms with Crippen molar-refractivity contribution in [3.8, 4) is 0 Å². The van der Waals surface area contributed by atoms with Gasteiger partial charge in [0.15, 0.2) is 0 Å². The average Bonchev–Trinajstić information content (AvgIpc) is 1.83. The molecule has 70 valence electrons. The average molecular weight is 186 g/mol. The van der Waals surface area contributed by atoms with Crippen LogP contribution >= 0.6 is 12.6 Å². The quantitative estimate of drug-likeness (QED) is 0.623. The highest BCUT2D eigenvalue weighted by Gasteiger charge is 2.35. The highest BCUT2D eigenvalue weighted by molar-refractivity contribution is 7.81. The first-order valence-electron chi connectivity index (χ1n) is 4.66. The molecule has 0 spiro atoms. The van der Waals surface area contributed by atoms with Crippen LogP contribution in [0.1, 0.15) is 40.0 Å². The minimum atomic E-state index is -0.128. The van der Waals surface area contributed by atoms with E-state index in [-0.39, 0.29) is 10.7 Å². The van der Waals surface area contributed by atoms with Crippen molar-refractivity contribution >= 4 is 18.4 Å². The molecule has 2 atom stereocenters. The molecule has 1 nitrogen and oxygen atoms in total. The molecule has 0 amide bonds. The number of hydrogen-bond acceptors (Lipinski definition) is 2. The van der Waals surface area contributed by atoms with Gasteiger partial charge in [-0.25, -0.2) is 0 Å². The third-order valence-electron chi connectivity index (χ3n) is 2.74. The maximum Gasteiger partial charge on any atom is 0.137 e. The zero-order valence-corrected chi connectivity index (χ0v) is 9.03. The second-order valence-electron chi connectivity index (χ2n) is 4.56. The highest BCUT2D eigenvalue weighted by atomic mass is 32.1. The van der Waals surface area contributed by atoms with Crippen LogP contribution in [0.3, 0.4) is 0 Å². The van der Waals surface area contributed by atoms with Crippen LogP contribution in [0.4, 0.5) is 0 Å². The van der Waals surface area contributed by atoms with E-state index >= 15 is 0 Å². The Morgan fingerprint density at radius 2 is 2.00 bits per heavy atom. The van der Waals surface area contributed by atoms with E-state index in [1.165, 1.54) is 6.42 Å². The summed E-state index contributed by atoms with van der Waals surface area (Å²) in [6, 6.07) is 0. The molecular formula is C10H18OS. The van der Waals surface area contributed by atoms with Crippen LogP contribution in [-0.2, 0) is 4.79 Å². The summed E-state index contributed by atoms with van der Waals surface area (Å²) in [5, 5.41) is 0. The number of rotatable bonds is 1. The molecule has 1 saturated carbocycles. The first kappa shape index (κ1) is 10.1. The normalized spacial score (nSPS) is 32.2. The molecule has 0 radical (unpaired) electrons. The summed E-state index contributed by atoms with van der Waals surface area (Å²) in [5.74, 6) is 1.18. The zero-order valence-electron chi connectivity index (χ0n) is 8.13. The van der Waals surface area contributed by atoms with Gasteiger partial charge in [-0.2, -0.15) is 12.6 Å². The summed E-state index contributed by atoms with van der Waals surface area (Å²) in [6.45, 7) is 6.23. The number of ketones is 1. The predicted octanol–water partition coefficient (Wildman–Crippen LogP) is 2.70. The first-order valence-corrected chi connectivity index (χ1v) is 5.11. The molecule has 1 aliphatic rings. The fraction of sp³-hybridized carbons (Fsp3) is 0.900. The van der Waals surface area contributed by atoms with Gasteiger partial charge in [0.2, 0.25) is 0 Å². The van der Waals surface area contributed by atoms with Crippen LogP contribution in [0, 0.1) is 11.8 Å². The second-order valence-corrected chi connectivity index (χ2v) is 5.71. The minimum absolute atomic E-state index is 0.128. The van der Waals surface area contributed by atoms with Crippen molar-refractivity contribution in [2.24, 2.45) is 11.8 Å². The Labute approximate surface area is 80.3 Å². The van der Waals surface area contributed by atoms with Gasteiger partial charge in [-0.15, -0.1) is 0 Å². The summed E-state index contributed by atoms with van der Waals surface area (Å²) < 4.78 is -0.128. The van der Waals surface area contributed by atoms with Gasteiger partial charge >= 0.3 is 0 Å². The maximum absolute atomic E-state index is 11.6. The molecule has 1 aliphatic carbocycles. The Kier molecular flexibility index (Phi) is 2.87. The second kappa shape index (κ2) is 3.41. The third kappa shape index (κ3) is 2.25. The van der Waals surface area contributed by atoms with E-state index in [1.54, 1.807) is 0 Å². The molecule has 1 fully saturated rings. The number of thiol groups is 1. The highest BCUT2D eigenvalue weighted by Crippen LogP contribution is 2.35. The van der Waals surface area contributed by atoms with E-state index in [1.807, 2.05) is 13.8 Å². The SMILES string of the molecule is C[C@@H]1CCC(C(C)(C)S)C(=O)C1. The van der Waals surface area contributed by atoms with E-state index in [0.717, 1.165) is 12.8 Å². The molecule has 0 heterocycles. The van der Waals surface area contributed by atoms with E-state index in [9.17, 15) is 4.79 Å². The van der Waals surface area contributed by atoms with Crippen LogP contribution in [0.15, 0.2) is 0 Å². The molecule has 0 aromatic heterocycles. The van der Waals surface area contributed by atoms with Crippen molar-refractivity contribution in [2.45, 2.75) is 44.8 Å². The smallest absolute Gasteiger partial charge is 0.137 e. The molecule has 0 N–H and O–H groups in total. The number of Topliss-reactive ketones (excluding diaryl/α,β-unsaturated/α-hetero) is 1. The molecule has 1 rings (SSSR count). The molecular weight excluding hydrogens is 168 g/mol. The Morgan fingerprint density at radius 3 is 2.42 bits per heavy atom. The lowest BCUT2D eigenvalue weighted by molar-refractivity contribution is -0.126. The van der Waals surface area contributed by atoms with Gasteiger partial charge in [-0.05, 0) is 18.8 Å². The zero-order chi connectivity index (χ0) is 9.35. The van der Waals surface area contributed by atoms with Gasteiger partial charge in [0.05, 0.1) is 0 Å². The van der Waals surface area contributed by atoms with Gasteiger partial charge < -0.3 is 0 Å². The van der Waals surface area contributed by atoms with Crippen LogP contribution in [-0.4, -0.2) is 10.5 Å². The molecule has 1 unspecified atom stereocenters. The van der Waals surface area contributed by atoms with Crippen LogP contribution < -0.4 is 0 Å². The fourth-order valence-corrected chi connectivity index (χ4v) is 2.22. The summed E-state index contributed by atoms with van der Waals surface area (Å²) in [4.78, 5) is 11.6. The Morgan fingerprint density at radius 1 is 1.42 bits per heavy atom. The Hall–Kier alpha value is 0.0200. The summed E-state index contributed by atoms with van der Waals surface area (Å²) in [6.07, 6.45) is 2.96. The number of carbonyl (C=O) groups is 1. The van der Waals surface area contributed by atoms with Crippen molar-refractivity contribution in [1.29, 1.82) is 0 Å². The van der Waals surface area contributed by atoms with Crippen LogP contribution in [0.25, 0.3) is 0 Å².